The minimum absolute atomic E-state index is 0.0655. The van der Waals surface area contributed by atoms with E-state index >= 15 is 0 Å². The second-order valence-electron chi connectivity index (χ2n) is 3.89. The van der Waals surface area contributed by atoms with Crippen LogP contribution in [-0.4, -0.2) is 5.91 Å². The fourth-order valence-electron chi connectivity index (χ4n) is 1.60. The Bertz CT molecular complexity index is 596. The summed E-state index contributed by atoms with van der Waals surface area (Å²) < 4.78 is 2.12. The van der Waals surface area contributed by atoms with Crippen molar-refractivity contribution in [2.45, 2.75) is 6.92 Å². The van der Waals surface area contributed by atoms with Crippen molar-refractivity contribution in [1.82, 2.24) is 0 Å². The van der Waals surface area contributed by atoms with E-state index in [-0.39, 0.29) is 5.91 Å². The molecule has 0 aromatic heterocycles. The Labute approximate surface area is 133 Å². The predicted molar refractivity (Wildman–Crippen MR) is 91.0 cm³/mol. The summed E-state index contributed by atoms with van der Waals surface area (Å²) in [6, 6.07) is 13.5. The Hall–Kier alpha value is -0.630. The van der Waals surface area contributed by atoms with Gasteiger partial charge in [0.25, 0.3) is 5.91 Å². The molecule has 0 aliphatic heterocycles. The molecule has 4 heteroatoms. The van der Waals surface area contributed by atoms with Gasteiger partial charge in [-0.1, -0.05) is 12.1 Å². The van der Waals surface area contributed by atoms with Gasteiger partial charge in [0.15, 0.2) is 0 Å². The lowest BCUT2D eigenvalue weighted by Crippen LogP contribution is -2.14. The number of hydrogen-bond acceptors (Lipinski definition) is 1. The summed E-state index contributed by atoms with van der Waals surface area (Å²) in [5.41, 5.74) is 2.64. The maximum absolute atomic E-state index is 12.2. The highest BCUT2D eigenvalue weighted by atomic mass is 127. The quantitative estimate of drug-likeness (QED) is 0.656. The molecule has 0 bridgehead atoms. The molecule has 1 amide bonds. The highest BCUT2D eigenvalue weighted by Crippen LogP contribution is 2.19. The van der Waals surface area contributed by atoms with Gasteiger partial charge in [0.1, 0.15) is 0 Å². The zero-order valence-electron chi connectivity index (χ0n) is 9.71. The summed E-state index contributed by atoms with van der Waals surface area (Å²) in [4.78, 5) is 12.2. The Kier molecular flexibility index (Phi) is 4.60. The average molecular weight is 463 g/mol. The lowest BCUT2D eigenvalue weighted by Gasteiger charge is -2.09. The molecule has 2 aromatic carbocycles. The lowest BCUT2D eigenvalue weighted by molar-refractivity contribution is 0.102. The third kappa shape index (κ3) is 3.23. The third-order valence-electron chi connectivity index (χ3n) is 2.56. The van der Waals surface area contributed by atoms with Crippen molar-refractivity contribution in [2.24, 2.45) is 0 Å². The molecule has 0 radical (unpaired) electrons. The summed E-state index contributed by atoms with van der Waals surface area (Å²) in [6.07, 6.45) is 0. The van der Waals surface area contributed by atoms with Crippen LogP contribution in [0.5, 0.6) is 0 Å². The van der Waals surface area contributed by atoms with E-state index in [1.165, 1.54) is 0 Å². The number of anilines is 1. The lowest BCUT2D eigenvalue weighted by atomic mass is 10.1. The predicted octanol–water partition coefficient (Wildman–Crippen LogP) is 4.46. The molecule has 1 N–H and O–H groups in total. The second-order valence-corrected chi connectivity index (χ2v) is 6.30. The first-order valence-electron chi connectivity index (χ1n) is 5.40. The fraction of sp³-hybridized carbons (Fsp3) is 0.0714. The van der Waals surface area contributed by atoms with Crippen molar-refractivity contribution >= 4 is 56.8 Å². The third-order valence-corrected chi connectivity index (χ3v) is 4.17. The van der Waals surface area contributed by atoms with Crippen LogP contribution in [0.1, 0.15) is 15.9 Å². The molecule has 2 nitrogen and oxygen atoms in total. The molecule has 0 aliphatic carbocycles. The van der Waals surface area contributed by atoms with E-state index in [1.807, 2.05) is 49.4 Å². The standard InChI is InChI=1S/C14H11I2NO/c1-9-8-10(15)6-7-13(9)17-14(18)11-4-2-3-5-12(11)16/h2-8H,1H3,(H,17,18). The molecule has 0 heterocycles. The van der Waals surface area contributed by atoms with Gasteiger partial charge < -0.3 is 5.32 Å². The zero-order valence-corrected chi connectivity index (χ0v) is 14.0. The number of benzene rings is 2. The molecular weight excluding hydrogens is 452 g/mol. The van der Waals surface area contributed by atoms with Crippen LogP contribution in [0.25, 0.3) is 0 Å². The Morgan fingerprint density at radius 1 is 1.11 bits per heavy atom. The van der Waals surface area contributed by atoms with Crippen molar-refractivity contribution in [1.29, 1.82) is 0 Å². The van der Waals surface area contributed by atoms with Gasteiger partial charge in [-0.3, -0.25) is 4.79 Å². The highest BCUT2D eigenvalue weighted by Gasteiger charge is 2.10. The number of hydrogen-bond donors (Lipinski definition) is 1. The van der Waals surface area contributed by atoms with E-state index in [9.17, 15) is 4.79 Å². The van der Waals surface area contributed by atoms with Crippen LogP contribution in [0.15, 0.2) is 42.5 Å². The first kappa shape index (κ1) is 13.8. The molecule has 0 unspecified atom stereocenters. The van der Waals surface area contributed by atoms with Gasteiger partial charge in [-0.15, -0.1) is 0 Å². The van der Waals surface area contributed by atoms with E-state index in [1.54, 1.807) is 0 Å². The molecule has 0 saturated carbocycles. The van der Waals surface area contributed by atoms with Crippen LogP contribution in [0.3, 0.4) is 0 Å². The number of amides is 1. The van der Waals surface area contributed by atoms with Crippen molar-refractivity contribution in [3.8, 4) is 0 Å². The summed E-state index contributed by atoms with van der Waals surface area (Å²) >= 11 is 4.43. The topological polar surface area (TPSA) is 29.1 Å². The van der Waals surface area contributed by atoms with Crippen LogP contribution in [0.2, 0.25) is 0 Å². The number of rotatable bonds is 2. The van der Waals surface area contributed by atoms with E-state index in [0.717, 1.165) is 18.4 Å². The van der Waals surface area contributed by atoms with E-state index in [2.05, 4.69) is 50.5 Å². The minimum atomic E-state index is -0.0655. The zero-order chi connectivity index (χ0) is 13.1. The van der Waals surface area contributed by atoms with Crippen molar-refractivity contribution < 1.29 is 4.79 Å². The molecule has 92 valence electrons. The largest absolute Gasteiger partial charge is 0.322 e. The van der Waals surface area contributed by atoms with Crippen LogP contribution in [0, 0.1) is 14.1 Å². The number of halogens is 2. The molecule has 0 fully saturated rings. The number of nitrogens with one attached hydrogen (secondary N) is 1. The van der Waals surface area contributed by atoms with Crippen molar-refractivity contribution in [3.63, 3.8) is 0 Å². The molecule has 0 saturated heterocycles. The average Bonchev–Trinajstić information content (AvgIpc) is 2.33. The Morgan fingerprint density at radius 2 is 1.83 bits per heavy atom. The maximum atomic E-state index is 12.2. The van der Waals surface area contributed by atoms with E-state index in [4.69, 9.17) is 0 Å². The van der Waals surface area contributed by atoms with Gasteiger partial charge in [0.2, 0.25) is 0 Å². The van der Waals surface area contributed by atoms with Crippen LogP contribution in [0.4, 0.5) is 5.69 Å². The van der Waals surface area contributed by atoms with Crippen molar-refractivity contribution in [3.05, 3.63) is 60.7 Å². The monoisotopic (exact) mass is 463 g/mol. The highest BCUT2D eigenvalue weighted by molar-refractivity contribution is 14.1. The van der Waals surface area contributed by atoms with Crippen LogP contribution in [-0.2, 0) is 0 Å². The number of carbonyl (C=O) groups excluding carboxylic acids is 1. The molecule has 18 heavy (non-hydrogen) atoms. The van der Waals surface area contributed by atoms with Gasteiger partial charge in [0, 0.05) is 12.8 Å². The second kappa shape index (κ2) is 6.01. The first-order chi connectivity index (χ1) is 8.58. The normalized spacial score (nSPS) is 10.2. The van der Waals surface area contributed by atoms with E-state index in [0.29, 0.717) is 5.56 Å². The van der Waals surface area contributed by atoms with Gasteiger partial charge in [-0.25, -0.2) is 0 Å². The summed E-state index contributed by atoms with van der Waals surface area (Å²) in [5, 5.41) is 2.95. The van der Waals surface area contributed by atoms with Gasteiger partial charge >= 0.3 is 0 Å². The minimum Gasteiger partial charge on any atom is -0.322 e. The summed E-state index contributed by atoms with van der Waals surface area (Å²) in [7, 11) is 0. The van der Waals surface area contributed by atoms with Crippen LogP contribution < -0.4 is 5.32 Å². The summed E-state index contributed by atoms with van der Waals surface area (Å²) in [5.74, 6) is -0.0655. The van der Waals surface area contributed by atoms with Crippen molar-refractivity contribution in [2.75, 3.05) is 5.32 Å². The molecule has 0 atom stereocenters. The molecule has 2 aromatic rings. The van der Waals surface area contributed by atoms with Gasteiger partial charge in [-0.05, 0) is 88.0 Å². The van der Waals surface area contributed by atoms with Crippen LogP contribution >= 0.6 is 45.2 Å². The molecular formula is C14H11I2NO. The van der Waals surface area contributed by atoms with Gasteiger partial charge in [0.05, 0.1) is 5.56 Å². The maximum Gasteiger partial charge on any atom is 0.256 e. The SMILES string of the molecule is Cc1cc(I)ccc1NC(=O)c1ccccc1I. The first-order valence-corrected chi connectivity index (χ1v) is 7.55. The fourth-order valence-corrected chi connectivity index (χ4v) is 2.88. The smallest absolute Gasteiger partial charge is 0.256 e. The summed E-state index contributed by atoms with van der Waals surface area (Å²) in [6.45, 7) is 1.99. The Balaban J connectivity index is 2.24. The molecule has 0 aliphatic rings. The van der Waals surface area contributed by atoms with E-state index < -0.39 is 0 Å². The Morgan fingerprint density at radius 3 is 2.50 bits per heavy atom. The molecule has 2 rings (SSSR count). The number of carbonyl (C=O) groups is 1. The van der Waals surface area contributed by atoms with Gasteiger partial charge in [-0.2, -0.15) is 0 Å². The number of aryl methyl sites for hydroxylation is 1. The molecule has 0 spiro atoms.